The minimum Gasteiger partial charge on any atom is -1.00 e. The molecule has 192 valence electrons. The summed E-state index contributed by atoms with van der Waals surface area (Å²) in [4.78, 5) is 0. The molecule has 0 saturated carbocycles. The first-order valence-electron chi connectivity index (χ1n) is 14.3. The van der Waals surface area contributed by atoms with Gasteiger partial charge < -0.3 is 12.4 Å². The molecule has 2 heteroatoms. The first-order chi connectivity index (χ1) is 16.3. The number of nitrogens with zero attached hydrogens (tertiary/aromatic N) is 1. The second kappa shape index (κ2) is 19.9. The van der Waals surface area contributed by atoms with Gasteiger partial charge in [-0.15, -0.1) is 0 Å². The van der Waals surface area contributed by atoms with Gasteiger partial charge >= 0.3 is 0 Å². The largest absolute Gasteiger partial charge is 1.00 e. The van der Waals surface area contributed by atoms with Gasteiger partial charge in [0.2, 0.25) is 0 Å². The molecular formula is C32H52ClN. The maximum absolute atomic E-state index is 2.34. The second-order valence-corrected chi connectivity index (χ2v) is 9.98. The van der Waals surface area contributed by atoms with Crippen LogP contribution in [-0.2, 0) is 0 Å². The predicted molar refractivity (Wildman–Crippen MR) is 149 cm³/mol. The number of hydrogen-bond donors (Lipinski definition) is 0. The van der Waals surface area contributed by atoms with E-state index in [0.29, 0.717) is 0 Å². The van der Waals surface area contributed by atoms with Crippen molar-refractivity contribution in [1.82, 2.24) is 4.48 Å². The molecule has 2 rings (SSSR count). The van der Waals surface area contributed by atoms with Gasteiger partial charge in [-0.3, -0.25) is 4.48 Å². The molecule has 0 fully saturated rings. The lowest BCUT2D eigenvalue weighted by Crippen LogP contribution is -3.00. The smallest absolute Gasteiger partial charge is 0.137 e. The van der Waals surface area contributed by atoms with Gasteiger partial charge in [0.25, 0.3) is 0 Å². The molecule has 0 aliphatic rings. The average Bonchev–Trinajstić information content (AvgIpc) is 2.87. The fourth-order valence-electron chi connectivity index (χ4n) is 5.29. The summed E-state index contributed by atoms with van der Waals surface area (Å²) in [7, 11) is 0. The Morgan fingerprint density at radius 3 is 1.09 bits per heavy atom. The molecule has 0 atom stereocenters. The van der Waals surface area contributed by atoms with E-state index in [9.17, 15) is 0 Å². The van der Waals surface area contributed by atoms with E-state index >= 15 is 0 Å². The topological polar surface area (TPSA) is 0 Å². The summed E-state index contributed by atoms with van der Waals surface area (Å²) in [6.45, 7) is 6.94. The van der Waals surface area contributed by atoms with Crippen molar-refractivity contribution >= 4 is 11.4 Å². The number of hydrogen-bond acceptors (Lipinski definition) is 0. The van der Waals surface area contributed by atoms with Crippen LogP contribution in [0.2, 0.25) is 0 Å². The molecule has 1 nitrogen and oxygen atoms in total. The zero-order valence-corrected chi connectivity index (χ0v) is 23.1. The van der Waals surface area contributed by atoms with E-state index in [2.05, 4.69) is 74.5 Å². The van der Waals surface area contributed by atoms with Crippen LogP contribution in [0.3, 0.4) is 0 Å². The number of rotatable bonds is 20. The Labute approximate surface area is 218 Å². The van der Waals surface area contributed by atoms with Crippen LogP contribution in [0.15, 0.2) is 60.7 Å². The maximum atomic E-state index is 2.34. The van der Waals surface area contributed by atoms with Crippen molar-refractivity contribution in [3.63, 3.8) is 0 Å². The van der Waals surface area contributed by atoms with Crippen LogP contribution in [0.1, 0.15) is 117 Å². The Kier molecular flexibility index (Phi) is 18.0. The standard InChI is InChI=1S/C32H52N.ClH/c1-3-5-6-7-8-9-10-11-12-13-14-15-16-17-18-25-30-33(4-2,31-26-21-19-22-27-31)32-28-23-20-24-29-32;/h19-24,26-29H,3-18,25,30H2,1-2H3;1H/q+1;/p-1. The fourth-order valence-corrected chi connectivity index (χ4v) is 5.29. The third-order valence-electron chi connectivity index (χ3n) is 7.43. The molecule has 2 aromatic carbocycles. The zero-order chi connectivity index (χ0) is 23.5. The van der Waals surface area contributed by atoms with Gasteiger partial charge in [0.05, 0.1) is 13.1 Å². The number of unbranched alkanes of at least 4 members (excludes halogenated alkanes) is 15. The third-order valence-corrected chi connectivity index (χ3v) is 7.43. The number of halogens is 1. The van der Waals surface area contributed by atoms with Crippen molar-refractivity contribution < 1.29 is 12.4 Å². The van der Waals surface area contributed by atoms with Crippen LogP contribution >= 0.6 is 0 Å². The Hall–Kier alpha value is -1.31. The lowest BCUT2D eigenvalue weighted by atomic mass is 10.0. The van der Waals surface area contributed by atoms with Gasteiger partial charge in [-0.25, -0.2) is 0 Å². The molecule has 0 spiro atoms. The molecule has 0 saturated heterocycles. The maximum Gasteiger partial charge on any atom is 0.137 e. The highest BCUT2D eigenvalue weighted by Crippen LogP contribution is 2.35. The van der Waals surface area contributed by atoms with Gasteiger partial charge in [-0.05, 0) is 44.0 Å². The minimum atomic E-state index is 0. The third kappa shape index (κ3) is 11.4. The molecule has 0 N–H and O–H groups in total. The predicted octanol–water partition coefficient (Wildman–Crippen LogP) is 7.61. The highest BCUT2D eigenvalue weighted by atomic mass is 35.5. The van der Waals surface area contributed by atoms with Crippen molar-refractivity contribution in [2.24, 2.45) is 0 Å². The monoisotopic (exact) mass is 485 g/mol. The Morgan fingerprint density at radius 2 is 0.765 bits per heavy atom. The van der Waals surface area contributed by atoms with Gasteiger partial charge in [0.1, 0.15) is 11.4 Å². The lowest BCUT2D eigenvalue weighted by molar-refractivity contribution is -0.00000701. The van der Waals surface area contributed by atoms with Crippen LogP contribution in [-0.4, -0.2) is 13.1 Å². The summed E-state index contributed by atoms with van der Waals surface area (Å²) in [5.41, 5.74) is 2.85. The van der Waals surface area contributed by atoms with Crippen LogP contribution in [0.25, 0.3) is 0 Å². The number of benzene rings is 2. The van der Waals surface area contributed by atoms with Gasteiger partial charge in [-0.1, -0.05) is 133 Å². The fraction of sp³-hybridized carbons (Fsp3) is 0.625. The van der Waals surface area contributed by atoms with Gasteiger partial charge in [0.15, 0.2) is 0 Å². The van der Waals surface area contributed by atoms with Gasteiger partial charge in [0, 0.05) is 0 Å². The molecule has 0 aromatic heterocycles. The SMILES string of the molecule is CCCCCCCCCCCCCCCCCC[N+](CC)(c1ccccc1)c1ccccc1.[Cl-]. The van der Waals surface area contributed by atoms with Crippen LogP contribution in [0.5, 0.6) is 0 Å². The quantitative estimate of drug-likeness (QED) is 0.134. The van der Waals surface area contributed by atoms with Crippen molar-refractivity contribution in [3.8, 4) is 0 Å². The summed E-state index contributed by atoms with van der Waals surface area (Å²) >= 11 is 0. The van der Waals surface area contributed by atoms with E-state index in [1.165, 1.54) is 121 Å². The highest BCUT2D eigenvalue weighted by molar-refractivity contribution is 5.58. The van der Waals surface area contributed by atoms with Crippen LogP contribution in [0, 0.1) is 0 Å². The lowest BCUT2D eigenvalue weighted by Gasteiger charge is -2.37. The van der Waals surface area contributed by atoms with Crippen molar-refractivity contribution in [2.75, 3.05) is 13.1 Å². The van der Waals surface area contributed by atoms with Crippen molar-refractivity contribution in [2.45, 2.75) is 117 Å². The normalized spacial score (nSPS) is 11.4. The second-order valence-electron chi connectivity index (χ2n) is 9.98. The molecule has 0 radical (unpaired) electrons. The first kappa shape index (κ1) is 30.7. The van der Waals surface area contributed by atoms with Crippen LogP contribution < -0.4 is 16.9 Å². The first-order valence-corrected chi connectivity index (χ1v) is 14.3. The molecular weight excluding hydrogens is 434 g/mol. The molecule has 0 unspecified atom stereocenters. The van der Waals surface area contributed by atoms with Crippen molar-refractivity contribution in [1.29, 1.82) is 0 Å². The van der Waals surface area contributed by atoms with Crippen LogP contribution in [0.4, 0.5) is 11.4 Å². The highest BCUT2D eigenvalue weighted by Gasteiger charge is 2.30. The minimum absolute atomic E-state index is 0. The van der Waals surface area contributed by atoms with E-state index in [-0.39, 0.29) is 12.4 Å². The Bertz CT molecular complexity index is 645. The average molecular weight is 486 g/mol. The number of quaternary nitrogens is 1. The Balaban J connectivity index is 0.00000578. The molecule has 0 aliphatic heterocycles. The Morgan fingerprint density at radius 1 is 0.441 bits per heavy atom. The van der Waals surface area contributed by atoms with E-state index in [0.717, 1.165) is 11.0 Å². The van der Waals surface area contributed by atoms with E-state index in [1.54, 1.807) is 0 Å². The van der Waals surface area contributed by atoms with E-state index in [1.807, 2.05) is 0 Å². The van der Waals surface area contributed by atoms with E-state index in [4.69, 9.17) is 0 Å². The molecule has 2 aromatic rings. The molecule has 34 heavy (non-hydrogen) atoms. The number of para-hydroxylation sites is 2. The summed E-state index contributed by atoms with van der Waals surface area (Å²) in [6, 6.07) is 22.3. The van der Waals surface area contributed by atoms with E-state index < -0.39 is 0 Å². The van der Waals surface area contributed by atoms with Crippen molar-refractivity contribution in [3.05, 3.63) is 60.7 Å². The molecule has 0 heterocycles. The molecule has 0 bridgehead atoms. The molecule has 0 amide bonds. The zero-order valence-electron chi connectivity index (χ0n) is 22.3. The summed E-state index contributed by atoms with van der Waals surface area (Å²) in [5, 5.41) is 0. The summed E-state index contributed by atoms with van der Waals surface area (Å²) < 4.78 is 0.973. The van der Waals surface area contributed by atoms with Gasteiger partial charge in [-0.2, -0.15) is 0 Å². The summed E-state index contributed by atoms with van der Waals surface area (Å²) in [6.07, 6.45) is 22.8. The molecule has 0 aliphatic carbocycles. The summed E-state index contributed by atoms with van der Waals surface area (Å²) in [5.74, 6) is 0.